The first-order valence-electron chi connectivity index (χ1n) is 9.01. The van der Waals surface area contributed by atoms with Gasteiger partial charge in [0.15, 0.2) is 11.6 Å². The van der Waals surface area contributed by atoms with Crippen LogP contribution < -0.4 is 5.32 Å². The molecule has 7 heteroatoms. The Morgan fingerprint density at radius 3 is 2.89 bits per heavy atom. The fourth-order valence-electron chi connectivity index (χ4n) is 2.55. The fourth-order valence-corrected chi connectivity index (χ4v) is 3.51. The number of furan rings is 1. The van der Waals surface area contributed by atoms with Gasteiger partial charge in [0.1, 0.15) is 5.03 Å². The third-order valence-electron chi connectivity index (χ3n) is 3.94. The van der Waals surface area contributed by atoms with E-state index in [-0.39, 0.29) is 11.2 Å². The van der Waals surface area contributed by atoms with E-state index in [0.29, 0.717) is 31.3 Å². The Bertz CT molecular complexity index is 883. The standard InChI is InChI=1S/C20H23N3O3S/c1-3-25-12-7-11-21-19(24)14(2)27-20-15-8-4-5-9-16(15)22-18(23-20)17-10-6-13-26-17/h4-6,8-10,13-14H,3,7,11-12H2,1-2H3,(H,21,24). The number of nitrogens with zero attached hydrogens (tertiary/aromatic N) is 2. The van der Waals surface area contributed by atoms with Crippen molar-refractivity contribution in [2.24, 2.45) is 0 Å². The summed E-state index contributed by atoms with van der Waals surface area (Å²) >= 11 is 1.42. The lowest BCUT2D eigenvalue weighted by Gasteiger charge is -2.13. The van der Waals surface area contributed by atoms with Gasteiger partial charge in [0.2, 0.25) is 5.91 Å². The average molecular weight is 385 g/mol. The summed E-state index contributed by atoms with van der Waals surface area (Å²) in [7, 11) is 0. The maximum Gasteiger partial charge on any atom is 0.233 e. The molecule has 1 N–H and O–H groups in total. The summed E-state index contributed by atoms with van der Waals surface area (Å²) in [6, 6.07) is 11.4. The van der Waals surface area contributed by atoms with Crippen molar-refractivity contribution in [1.29, 1.82) is 0 Å². The van der Waals surface area contributed by atoms with Crippen molar-refractivity contribution >= 4 is 28.6 Å². The van der Waals surface area contributed by atoms with Crippen LogP contribution in [0.15, 0.2) is 52.1 Å². The number of nitrogens with one attached hydrogen (secondary N) is 1. The number of amides is 1. The number of carbonyl (C=O) groups is 1. The quantitative estimate of drug-likeness (QED) is 0.342. The maximum absolute atomic E-state index is 12.4. The second-order valence-corrected chi connectivity index (χ2v) is 7.28. The predicted octanol–water partition coefficient (Wildman–Crippen LogP) is 3.91. The van der Waals surface area contributed by atoms with E-state index in [1.807, 2.05) is 44.2 Å². The highest BCUT2D eigenvalue weighted by Gasteiger charge is 2.18. The summed E-state index contributed by atoms with van der Waals surface area (Å²) in [6.07, 6.45) is 2.40. The fraction of sp³-hybridized carbons (Fsp3) is 0.350. The smallest absolute Gasteiger partial charge is 0.233 e. The summed E-state index contributed by atoms with van der Waals surface area (Å²) < 4.78 is 10.7. The molecule has 0 fully saturated rings. The molecule has 0 aliphatic heterocycles. The molecule has 0 aliphatic carbocycles. The highest BCUT2D eigenvalue weighted by molar-refractivity contribution is 8.00. The molecule has 0 saturated heterocycles. The van der Waals surface area contributed by atoms with Gasteiger partial charge in [0, 0.05) is 25.1 Å². The zero-order valence-corrected chi connectivity index (χ0v) is 16.3. The molecule has 1 aromatic carbocycles. The molecule has 1 unspecified atom stereocenters. The van der Waals surface area contributed by atoms with Crippen molar-refractivity contribution in [3.05, 3.63) is 42.7 Å². The molecule has 142 valence electrons. The third kappa shape index (κ3) is 5.08. The van der Waals surface area contributed by atoms with Crippen LogP contribution in [-0.4, -0.2) is 40.9 Å². The minimum absolute atomic E-state index is 0.0151. The summed E-state index contributed by atoms with van der Waals surface area (Å²) in [5.41, 5.74) is 0.825. The van der Waals surface area contributed by atoms with Crippen molar-refractivity contribution in [3.63, 3.8) is 0 Å². The van der Waals surface area contributed by atoms with Crippen LogP contribution in [0.5, 0.6) is 0 Å². The third-order valence-corrected chi connectivity index (χ3v) is 5.04. The van der Waals surface area contributed by atoms with E-state index in [1.165, 1.54) is 11.8 Å². The second-order valence-electron chi connectivity index (χ2n) is 5.95. The van der Waals surface area contributed by atoms with Crippen molar-refractivity contribution in [2.75, 3.05) is 19.8 Å². The average Bonchev–Trinajstić information content (AvgIpc) is 3.22. The summed E-state index contributed by atoms with van der Waals surface area (Å²) in [5, 5.41) is 4.36. The molecule has 3 aromatic rings. The van der Waals surface area contributed by atoms with Crippen LogP contribution in [0.1, 0.15) is 20.3 Å². The van der Waals surface area contributed by atoms with Gasteiger partial charge in [-0.05, 0) is 38.5 Å². The minimum Gasteiger partial charge on any atom is -0.461 e. The van der Waals surface area contributed by atoms with Crippen molar-refractivity contribution in [3.8, 4) is 11.6 Å². The molecule has 2 heterocycles. The van der Waals surface area contributed by atoms with E-state index in [4.69, 9.17) is 9.15 Å². The monoisotopic (exact) mass is 385 g/mol. The van der Waals surface area contributed by atoms with Crippen LogP contribution in [0.2, 0.25) is 0 Å². The van der Waals surface area contributed by atoms with Crippen LogP contribution >= 0.6 is 11.8 Å². The number of ether oxygens (including phenoxy) is 1. The van der Waals surface area contributed by atoms with Crippen molar-refractivity contribution in [1.82, 2.24) is 15.3 Å². The number of thioether (sulfide) groups is 1. The van der Waals surface area contributed by atoms with Gasteiger partial charge < -0.3 is 14.5 Å². The molecule has 1 amide bonds. The first-order valence-corrected chi connectivity index (χ1v) is 9.89. The predicted molar refractivity (Wildman–Crippen MR) is 107 cm³/mol. The van der Waals surface area contributed by atoms with E-state index in [2.05, 4.69) is 15.3 Å². The van der Waals surface area contributed by atoms with Gasteiger partial charge in [0.05, 0.1) is 17.0 Å². The molecular weight excluding hydrogens is 362 g/mol. The zero-order valence-electron chi connectivity index (χ0n) is 15.5. The number of para-hydroxylation sites is 1. The SMILES string of the molecule is CCOCCCNC(=O)C(C)Sc1nc(-c2ccco2)nc2ccccc12. The molecule has 0 spiro atoms. The van der Waals surface area contributed by atoms with Gasteiger partial charge in [-0.3, -0.25) is 4.79 Å². The van der Waals surface area contributed by atoms with Crippen molar-refractivity contribution < 1.29 is 13.9 Å². The second kappa shape index (κ2) is 9.53. The Morgan fingerprint density at radius 1 is 1.26 bits per heavy atom. The van der Waals surface area contributed by atoms with Gasteiger partial charge in [-0.1, -0.05) is 30.0 Å². The van der Waals surface area contributed by atoms with Gasteiger partial charge >= 0.3 is 0 Å². The summed E-state index contributed by atoms with van der Waals surface area (Å²) in [5.74, 6) is 1.11. The Labute approximate surface area is 162 Å². The van der Waals surface area contributed by atoms with Crippen LogP contribution in [0.4, 0.5) is 0 Å². The van der Waals surface area contributed by atoms with Crippen molar-refractivity contribution in [2.45, 2.75) is 30.5 Å². The maximum atomic E-state index is 12.4. The number of fused-ring (bicyclic) bond motifs is 1. The van der Waals surface area contributed by atoms with E-state index in [9.17, 15) is 4.79 Å². The van der Waals surface area contributed by atoms with Gasteiger partial charge in [-0.15, -0.1) is 0 Å². The Morgan fingerprint density at radius 2 is 2.11 bits per heavy atom. The Hall–Kier alpha value is -2.38. The van der Waals surface area contributed by atoms with Crippen LogP contribution in [0, 0.1) is 0 Å². The molecule has 6 nitrogen and oxygen atoms in total. The molecule has 0 saturated carbocycles. The van der Waals surface area contributed by atoms with Crippen LogP contribution in [-0.2, 0) is 9.53 Å². The normalized spacial score (nSPS) is 12.2. The Balaban J connectivity index is 1.74. The first kappa shape index (κ1) is 19.4. The van der Waals surface area contributed by atoms with Gasteiger partial charge in [-0.2, -0.15) is 0 Å². The Kier molecular flexibility index (Phi) is 6.84. The van der Waals surface area contributed by atoms with E-state index in [1.54, 1.807) is 12.3 Å². The van der Waals surface area contributed by atoms with Gasteiger partial charge in [0.25, 0.3) is 0 Å². The number of carbonyl (C=O) groups excluding carboxylic acids is 1. The molecule has 1 atom stereocenters. The zero-order chi connectivity index (χ0) is 19.1. The van der Waals surface area contributed by atoms with E-state index >= 15 is 0 Å². The molecule has 0 bridgehead atoms. The number of hydrogen-bond donors (Lipinski definition) is 1. The van der Waals surface area contributed by atoms with E-state index in [0.717, 1.165) is 22.3 Å². The molecule has 27 heavy (non-hydrogen) atoms. The number of rotatable bonds is 9. The number of aromatic nitrogens is 2. The first-order chi connectivity index (χ1) is 13.2. The molecule has 0 radical (unpaired) electrons. The van der Waals surface area contributed by atoms with Gasteiger partial charge in [-0.25, -0.2) is 9.97 Å². The highest BCUT2D eigenvalue weighted by Crippen LogP contribution is 2.31. The molecule has 0 aliphatic rings. The summed E-state index contributed by atoms with van der Waals surface area (Å²) in [4.78, 5) is 21.6. The largest absolute Gasteiger partial charge is 0.461 e. The van der Waals surface area contributed by atoms with Crippen LogP contribution in [0.25, 0.3) is 22.5 Å². The highest BCUT2D eigenvalue weighted by atomic mass is 32.2. The molecule has 3 rings (SSSR count). The lowest BCUT2D eigenvalue weighted by atomic mass is 10.2. The number of hydrogen-bond acceptors (Lipinski definition) is 6. The summed E-state index contributed by atoms with van der Waals surface area (Å²) in [6.45, 7) is 5.79. The van der Waals surface area contributed by atoms with E-state index < -0.39 is 0 Å². The lowest BCUT2D eigenvalue weighted by Crippen LogP contribution is -2.32. The molecular formula is C20H23N3O3S. The van der Waals surface area contributed by atoms with Crippen LogP contribution in [0.3, 0.4) is 0 Å². The molecule has 2 aromatic heterocycles. The minimum atomic E-state index is -0.278. The number of benzene rings is 1. The topological polar surface area (TPSA) is 77.2 Å². The lowest BCUT2D eigenvalue weighted by molar-refractivity contribution is -0.120.